The molecule has 0 aliphatic rings. The fraction of sp³-hybridized carbons (Fsp3) is 0.0909. The highest BCUT2D eigenvalue weighted by Gasteiger charge is 2.13. The molecule has 0 bridgehead atoms. The van der Waals surface area contributed by atoms with Gasteiger partial charge >= 0.3 is 0 Å². The van der Waals surface area contributed by atoms with Gasteiger partial charge in [-0.2, -0.15) is 5.26 Å². The molecule has 0 unspecified atom stereocenters. The molecular weight excluding hydrogens is 352 g/mol. The number of nitrogens with one attached hydrogen (secondary N) is 2. The number of benzene rings is 2. The lowest BCUT2D eigenvalue weighted by atomic mass is 10.1. The molecule has 2 N–H and O–H groups in total. The summed E-state index contributed by atoms with van der Waals surface area (Å²) in [4.78, 5) is 29.1. The minimum atomic E-state index is -0.388. The Morgan fingerprint density at radius 2 is 1.82 bits per heavy atom. The van der Waals surface area contributed by atoms with Gasteiger partial charge in [0.15, 0.2) is 0 Å². The SMILES string of the molecule is CCc1ccccc1NC(=O)c1cc(C(=O)Nc2cccc(C#N)c2)ccn1. The minimum Gasteiger partial charge on any atom is -0.322 e. The van der Waals surface area contributed by atoms with Crippen molar-refractivity contribution in [3.63, 3.8) is 0 Å². The first-order valence-electron chi connectivity index (χ1n) is 8.77. The number of nitriles is 1. The number of aromatic nitrogens is 1. The molecular formula is C22H18N4O2. The van der Waals surface area contributed by atoms with Crippen LogP contribution in [0.3, 0.4) is 0 Å². The summed E-state index contributed by atoms with van der Waals surface area (Å²) in [5.74, 6) is -0.775. The van der Waals surface area contributed by atoms with Gasteiger partial charge in [0.2, 0.25) is 0 Å². The molecule has 3 aromatic rings. The molecule has 0 aliphatic heterocycles. The van der Waals surface area contributed by atoms with Crippen molar-refractivity contribution in [1.29, 1.82) is 5.26 Å². The number of nitrogens with zero attached hydrogens (tertiary/aromatic N) is 2. The number of amides is 2. The number of anilines is 2. The van der Waals surface area contributed by atoms with Crippen molar-refractivity contribution in [2.24, 2.45) is 0 Å². The number of aryl methyl sites for hydroxylation is 1. The molecule has 0 saturated carbocycles. The van der Waals surface area contributed by atoms with E-state index in [1.54, 1.807) is 24.3 Å². The Labute approximate surface area is 162 Å². The van der Waals surface area contributed by atoms with E-state index in [0.29, 0.717) is 16.8 Å². The zero-order valence-electron chi connectivity index (χ0n) is 15.3. The standard InChI is InChI=1S/C22H18N4O2/c1-2-16-7-3-4-9-19(16)26-22(28)20-13-17(10-11-24-20)21(27)25-18-8-5-6-15(12-18)14-23/h3-13H,2H2,1H3,(H,25,27)(H,26,28). The second kappa shape index (κ2) is 8.60. The highest BCUT2D eigenvalue weighted by Crippen LogP contribution is 2.17. The summed E-state index contributed by atoms with van der Waals surface area (Å²) in [7, 11) is 0. The lowest BCUT2D eigenvalue weighted by molar-refractivity contribution is 0.102. The first-order chi connectivity index (χ1) is 13.6. The maximum atomic E-state index is 12.6. The topological polar surface area (TPSA) is 94.9 Å². The molecule has 3 rings (SSSR count). The van der Waals surface area contributed by atoms with Crippen molar-refractivity contribution in [2.45, 2.75) is 13.3 Å². The van der Waals surface area contributed by atoms with E-state index in [0.717, 1.165) is 17.7 Å². The predicted molar refractivity (Wildman–Crippen MR) is 107 cm³/mol. The lowest BCUT2D eigenvalue weighted by Crippen LogP contribution is -2.17. The number of pyridine rings is 1. The zero-order valence-corrected chi connectivity index (χ0v) is 15.3. The lowest BCUT2D eigenvalue weighted by Gasteiger charge is -2.10. The molecule has 138 valence electrons. The fourth-order valence-corrected chi connectivity index (χ4v) is 2.70. The van der Waals surface area contributed by atoms with Gasteiger partial charge in [0.1, 0.15) is 5.69 Å². The van der Waals surface area contributed by atoms with Gasteiger partial charge in [-0.05, 0) is 48.4 Å². The van der Waals surface area contributed by atoms with E-state index in [4.69, 9.17) is 5.26 Å². The summed E-state index contributed by atoms with van der Waals surface area (Å²) in [5, 5.41) is 14.5. The van der Waals surface area contributed by atoms with Gasteiger partial charge in [-0.15, -0.1) is 0 Å². The predicted octanol–water partition coefficient (Wildman–Crippen LogP) is 4.02. The van der Waals surface area contributed by atoms with Crippen molar-refractivity contribution in [3.8, 4) is 6.07 Å². The van der Waals surface area contributed by atoms with Crippen LogP contribution in [0.2, 0.25) is 0 Å². The molecule has 6 nitrogen and oxygen atoms in total. The molecule has 0 fully saturated rings. The van der Waals surface area contributed by atoms with Crippen LogP contribution >= 0.6 is 0 Å². The molecule has 1 heterocycles. The Balaban J connectivity index is 1.76. The van der Waals surface area contributed by atoms with Crippen LogP contribution in [-0.2, 0) is 6.42 Å². The Morgan fingerprint density at radius 3 is 2.61 bits per heavy atom. The number of rotatable bonds is 5. The van der Waals surface area contributed by atoms with Crippen molar-refractivity contribution in [2.75, 3.05) is 10.6 Å². The Hall–Kier alpha value is -3.98. The van der Waals surface area contributed by atoms with Crippen LogP contribution in [0.4, 0.5) is 11.4 Å². The van der Waals surface area contributed by atoms with Gasteiger partial charge < -0.3 is 10.6 Å². The minimum absolute atomic E-state index is 0.143. The molecule has 0 saturated heterocycles. The van der Waals surface area contributed by atoms with Gasteiger partial charge in [0.05, 0.1) is 11.6 Å². The van der Waals surface area contributed by atoms with E-state index in [1.165, 1.54) is 18.3 Å². The largest absolute Gasteiger partial charge is 0.322 e. The van der Waals surface area contributed by atoms with Crippen LogP contribution in [0.5, 0.6) is 0 Å². The number of hydrogen-bond donors (Lipinski definition) is 2. The average molecular weight is 370 g/mol. The fourth-order valence-electron chi connectivity index (χ4n) is 2.70. The molecule has 2 amide bonds. The molecule has 6 heteroatoms. The normalized spacial score (nSPS) is 10.0. The zero-order chi connectivity index (χ0) is 19.9. The smallest absolute Gasteiger partial charge is 0.274 e. The summed E-state index contributed by atoms with van der Waals surface area (Å²) in [5.41, 5.74) is 3.13. The quantitative estimate of drug-likeness (QED) is 0.709. The van der Waals surface area contributed by atoms with Gasteiger partial charge in [-0.1, -0.05) is 31.2 Å². The van der Waals surface area contributed by atoms with Gasteiger partial charge in [0.25, 0.3) is 11.8 Å². The van der Waals surface area contributed by atoms with Crippen molar-refractivity contribution < 1.29 is 9.59 Å². The molecule has 28 heavy (non-hydrogen) atoms. The summed E-state index contributed by atoms with van der Waals surface area (Å²) < 4.78 is 0. The van der Waals surface area contributed by atoms with E-state index in [1.807, 2.05) is 37.3 Å². The maximum Gasteiger partial charge on any atom is 0.274 e. The first-order valence-corrected chi connectivity index (χ1v) is 8.77. The number of carbonyl (C=O) groups is 2. The second-order valence-corrected chi connectivity index (χ2v) is 6.04. The van der Waals surface area contributed by atoms with Crippen LogP contribution in [-0.4, -0.2) is 16.8 Å². The van der Waals surface area contributed by atoms with Crippen LogP contribution in [0.1, 0.15) is 38.9 Å². The third kappa shape index (κ3) is 4.40. The summed E-state index contributed by atoms with van der Waals surface area (Å²) in [6.07, 6.45) is 2.20. The van der Waals surface area contributed by atoms with Crippen molar-refractivity contribution in [1.82, 2.24) is 4.98 Å². The van der Waals surface area contributed by atoms with E-state index >= 15 is 0 Å². The third-order valence-corrected chi connectivity index (χ3v) is 4.15. The van der Waals surface area contributed by atoms with Crippen LogP contribution in [0.15, 0.2) is 66.9 Å². The Bertz CT molecular complexity index is 1070. The van der Waals surface area contributed by atoms with Crippen LogP contribution in [0.25, 0.3) is 0 Å². The molecule has 0 spiro atoms. The summed E-state index contributed by atoms with van der Waals surface area (Å²) >= 11 is 0. The van der Waals surface area contributed by atoms with Gasteiger partial charge in [-0.25, -0.2) is 0 Å². The molecule has 0 aliphatic carbocycles. The molecule has 2 aromatic carbocycles. The first kappa shape index (κ1) is 18.8. The van der Waals surface area contributed by atoms with E-state index in [2.05, 4.69) is 15.6 Å². The van der Waals surface area contributed by atoms with Crippen LogP contribution < -0.4 is 10.6 Å². The Morgan fingerprint density at radius 1 is 1.00 bits per heavy atom. The monoisotopic (exact) mass is 370 g/mol. The van der Waals surface area contributed by atoms with Crippen LogP contribution in [0, 0.1) is 11.3 Å². The Kier molecular flexibility index (Phi) is 5.78. The molecule has 0 radical (unpaired) electrons. The van der Waals surface area contributed by atoms with E-state index < -0.39 is 0 Å². The van der Waals surface area contributed by atoms with Crippen molar-refractivity contribution >= 4 is 23.2 Å². The highest BCUT2D eigenvalue weighted by atomic mass is 16.2. The van der Waals surface area contributed by atoms with E-state index in [9.17, 15) is 9.59 Å². The maximum absolute atomic E-state index is 12.6. The second-order valence-electron chi connectivity index (χ2n) is 6.04. The van der Waals surface area contributed by atoms with Crippen molar-refractivity contribution in [3.05, 3.63) is 89.2 Å². The average Bonchev–Trinajstić information content (AvgIpc) is 2.74. The van der Waals surface area contributed by atoms with E-state index in [-0.39, 0.29) is 17.5 Å². The summed E-state index contributed by atoms with van der Waals surface area (Å²) in [6.45, 7) is 2.01. The highest BCUT2D eigenvalue weighted by molar-refractivity contribution is 6.08. The van der Waals surface area contributed by atoms with Gasteiger partial charge in [0, 0.05) is 23.1 Å². The number of carbonyl (C=O) groups excluding carboxylic acids is 2. The number of para-hydroxylation sites is 1. The summed E-state index contributed by atoms with van der Waals surface area (Å²) in [6, 6.07) is 19.1. The molecule has 1 aromatic heterocycles. The number of hydrogen-bond acceptors (Lipinski definition) is 4. The third-order valence-electron chi connectivity index (χ3n) is 4.15. The molecule has 0 atom stereocenters. The van der Waals surface area contributed by atoms with Gasteiger partial charge in [-0.3, -0.25) is 14.6 Å².